The van der Waals surface area contributed by atoms with Crippen LogP contribution in [0.4, 0.5) is 5.82 Å². The molecule has 3 rings (SSSR count). The lowest BCUT2D eigenvalue weighted by Crippen LogP contribution is -2.44. The molecule has 0 saturated carbocycles. The predicted molar refractivity (Wildman–Crippen MR) is 138 cm³/mol. The Balaban J connectivity index is 0.00000320. The van der Waals surface area contributed by atoms with Crippen molar-refractivity contribution in [1.29, 1.82) is 0 Å². The maximum absolute atomic E-state index is 10.8. The molecule has 2 heterocycles. The molecule has 0 bridgehead atoms. The minimum absolute atomic E-state index is 0. The number of pyridine rings is 1. The smallest absolute Gasteiger partial charge is 0.191 e. The van der Waals surface area contributed by atoms with Gasteiger partial charge in [-0.05, 0) is 43.0 Å². The first kappa shape index (κ1) is 24.4. The minimum atomic E-state index is -0.953. The van der Waals surface area contributed by atoms with Gasteiger partial charge in [-0.15, -0.1) is 35.3 Å². The summed E-state index contributed by atoms with van der Waals surface area (Å²) in [4.78, 5) is 12.4. The Labute approximate surface area is 199 Å². The minimum Gasteiger partial charge on any atom is -0.383 e. The molecule has 1 unspecified atom stereocenters. The van der Waals surface area contributed by atoms with E-state index in [1.54, 1.807) is 11.3 Å². The van der Waals surface area contributed by atoms with Crippen molar-refractivity contribution in [1.82, 2.24) is 15.6 Å². The molecule has 0 amide bonds. The predicted octanol–water partition coefficient (Wildman–Crippen LogP) is 3.94. The van der Waals surface area contributed by atoms with Gasteiger partial charge in [-0.3, -0.25) is 0 Å². The third-order valence-electron chi connectivity index (χ3n) is 4.65. The van der Waals surface area contributed by atoms with E-state index in [1.807, 2.05) is 68.6 Å². The van der Waals surface area contributed by atoms with Gasteiger partial charge in [-0.2, -0.15) is 0 Å². The first-order chi connectivity index (χ1) is 13.9. The van der Waals surface area contributed by atoms with Crippen LogP contribution in [0.1, 0.15) is 24.3 Å². The van der Waals surface area contributed by atoms with Crippen LogP contribution in [0.3, 0.4) is 0 Å². The molecule has 2 aromatic heterocycles. The van der Waals surface area contributed by atoms with Crippen molar-refractivity contribution < 1.29 is 5.11 Å². The number of fused-ring (bicyclic) bond motifs is 1. The van der Waals surface area contributed by atoms with Gasteiger partial charge in [0.05, 0.1) is 18.6 Å². The molecule has 0 radical (unpaired) electrons. The number of halogens is 1. The zero-order chi connectivity index (χ0) is 20.9. The summed E-state index contributed by atoms with van der Waals surface area (Å²) < 4.78 is 0. The molecule has 0 spiro atoms. The molecule has 0 aliphatic heterocycles. The molecule has 6 nitrogen and oxygen atoms in total. The van der Waals surface area contributed by atoms with Crippen molar-refractivity contribution in [3.8, 4) is 0 Å². The van der Waals surface area contributed by atoms with Crippen LogP contribution in [-0.4, -0.2) is 43.2 Å². The first-order valence-electron chi connectivity index (χ1n) is 9.75. The molecule has 1 atom stereocenters. The number of anilines is 1. The van der Waals surface area contributed by atoms with Crippen molar-refractivity contribution in [2.75, 3.05) is 32.1 Å². The first-order valence-corrected chi connectivity index (χ1v) is 10.6. The number of nitrogens with zero attached hydrogens (tertiary/aromatic N) is 3. The van der Waals surface area contributed by atoms with E-state index in [4.69, 9.17) is 9.98 Å². The Morgan fingerprint density at radius 1 is 1.20 bits per heavy atom. The number of hydrogen-bond acceptors (Lipinski definition) is 5. The second kappa shape index (κ2) is 10.9. The van der Waals surface area contributed by atoms with E-state index < -0.39 is 5.60 Å². The number of nitrogens with one attached hydrogen (secondary N) is 2. The summed E-state index contributed by atoms with van der Waals surface area (Å²) in [7, 11) is 3.98. The quantitative estimate of drug-likeness (QED) is 0.241. The largest absolute Gasteiger partial charge is 0.383 e. The average molecular weight is 539 g/mol. The van der Waals surface area contributed by atoms with Crippen molar-refractivity contribution in [3.05, 3.63) is 58.3 Å². The molecular weight excluding hydrogens is 509 g/mol. The maximum atomic E-state index is 10.8. The number of guanidine groups is 1. The van der Waals surface area contributed by atoms with Gasteiger partial charge < -0.3 is 20.6 Å². The molecule has 3 aromatic rings. The molecular formula is C22H30IN5OS. The molecule has 8 heteroatoms. The van der Waals surface area contributed by atoms with Crippen LogP contribution >= 0.6 is 35.3 Å². The van der Waals surface area contributed by atoms with Gasteiger partial charge in [-0.25, -0.2) is 9.98 Å². The highest BCUT2D eigenvalue weighted by Crippen LogP contribution is 2.25. The fourth-order valence-electron chi connectivity index (χ4n) is 3.03. The molecule has 0 saturated heterocycles. The van der Waals surface area contributed by atoms with Crippen LogP contribution in [0, 0.1) is 0 Å². The number of thiophene rings is 1. The summed E-state index contributed by atoms with van der Waals surface area (Å²) in [6, 6.07) is 14.1. The summed E-state index contributed by atoms with van der Waals surface area (Å²) in [6.07, 6.45) is 0. The van der Waals surface area contributed by atoms with E-state index in [2.05, 4.69) is 22.8 Å². The molecule has 3 N–H and O–H groups in total. The van der Waals surface area contributed by atoms with E-state index in [9.17, 15) is 5.11 Å². The van der Waals surface area contributed by atoms with Gasteiger partial charge >= 0.3 is 0 Å². The molecule has 0 aliphatic carbocycles. The van der Waals surface area contributed by atoms with Crippen LogP contribution < -0.4 is 15.5 Å². The fourth-order valence-corrected chi connectivity index (χ4v) is 3.81. The van der Waals surface area contributed by atoms with E-state index in [0.29, 0.717) is 19.0 Å². The number of aromatic nitrogens is 1. The van der Waals surface area contributed by atoms with E-state index in [0.717, 1.165) is 33.7 Å². The fraction of sp³-hybridized carbons (Fsp3) is 0.364. The van der Waals surface area contributed by atoms with Gasteiger partial charge in [0.1, 0.15) is 11.4 Å². The summed E-state index contributed by atoms with van der Waals surface area (Å²) in [5.41, 5.74) is 1.12. The highest BCUT2D eigenvalue weighted by atomic mass is 127. The number of para-hydroxylation sites is 1. The third kappa shape index (κ3) is 6.05. The number of aliphatic hydroxyl groups is 1. The molecule has 0 aliphatic rings. The standard InChI is InChI=1S/C22H29N5OS.HI/c1-5-23-21(25-15-22(2,28)19-11-8-12-29-19)24-14-16-13-20(27(3)4)26-18-10-7-6-9-17(16)18;/h6-13,28H,5,14-15H2,1-4H3,(H2,23,24,25);1H. The highest BCUT2D eigenvalue weighted by molar-refractivity contribution is 14.0. The topological polar surface area (TPSA) is 72.8 Å². The Bertz CT molecular complexity index is 973. The second-order valence-electron chi connectivity index (χ2n) is 7.35. The van der Waals surface area contributed by atoms with Crippen LogP contribution in [0.5, 0.6) is 0 Å². The van der Waals surface area contributed by atoms with E-state index in [-0.39, 0.29) is 24.0 Å². The van der Waals surface area contributed by atoms with Gasteiger partial charge in [0.15, 0.2) is 5.96 Å². The van der Waals surface area contributed by atoms with Crippen molar-refractivity contribution in [3.63, 3.8) is 0 Å². The number of rotatable bonds is 7. The molecule has 162 valence electrons. The van der Waals surface area contributed by atoms with Crippen molar-refractivity contribution in [2.45, 2.75) is 26.0 Å². The summed E-state index contributed by atoms with van der Waals surface area (Å²) >= 11 is 1.55. The zero-order valence-electron chi connectivity index (χ0n) is 17.8. The van der Waals surface area contributed by atoms with Gasteiger partial charge in [0.25, 0.3) is 0 Å². The van der Waals surface area contributed by atoms with Crippen LogP contribution in [0.15, 0.2) is 52.8 Å². The van der Waals surface area contributed by atoms with Gasteiger partial charge in [-0.1, -0.05) is 24.3 Å². The number of hydrogen-bond donors (Lipinski definition) is 3. The summed E-state index contributed by atoms with van der Waals surface area (Å²) in [5, 5.41) is 20.4. The molecule has 30 heavy (non-hydrogen) atoms. The van der Waals surface area contributed by atoms with Crippen LogP contribution in [-0.2, 0) is 12.1 Å². The normalized spacial score (nSPS) is 13.4. The SMILES string of the molecule is CCNC(=NCc1cc(N(C)C)nc2ccccc12)NCC(C)(O)c1cccs1.I. The Morgan fingerprint density at radius 3 is 2.63 bits per heavy atom. The monoisotopic (exact) mass is 539 g/mol. The van der Waals surface area contributed by atoms with Crippen molar-refractivity contribution in [2.24, 2.45) is 4.99 Å². The lowest BCUT2D eigenvalue weighted by atomic mass is 10.1. The summed E-state index contributed by atoms with van der Waals surface area (Å²) in [5.74, 6) is 1.59. The number of benzene rings is 1. The summed E-state index contributed by atoms with van der Waals surface area (Å²) in [6.45, 7) is 5.47. The van der Waals surface area contributed by atoms with Crippen LogP contribution in [0.2, 0.25) is 0 Å². The number of aliphatic imine (C=N–C) groups is 1. The Hall–Kier alpha value is -1.91. The van der Waals surface area contributed by atoms with E-state index in [1.165, 1.54) is 0 Å². The van der Waals surface area contributed by atoms with Gasteiger partial charge in [0, 0.05) is 30.9 Å². The zero-order valence-corrected chi connectivity index (χ0v) is 21.0. The van der Waals surface area contributed by atoms with Crippen LogP contribution in [0.25, 0.3) is 10.9 Å². The lowest BCUT2D eigenvalue weighted by Gasteiger charge is -2.23. The van der Waals surface area contributed by atoms with Gasteiger partial charge in [0.2, 0.25) is 0 Å². The molecule has 1 aromatic carbocycles. The van der Waals surface area contributed by atoms with E-state index >= 15 is 0 Å². The third-order valence-corrected chi connectivity index (χ3v) is 5.77. The Kier molecular flexibility index (Phi) is 8.87. The molecule has 0 fully saturated rings. The average Bonchev–Trinajstić information content (AvgIpc) is 3.25. The maximum Gasteiger partial charge on any atom is 0.191 e. The van der Waals surface area contributed by atoms with Crippen molar-refractivity contribution >= 4 is 58.0 Å². The second-order valence-corrected chi connectivity index (χ2v) is 8.30. The Morgan fingerprint density at radius 2 is 1.97 bits per heavy atom. The lowest BCUT2D eigenvalue weighted by molar-refractivity contribution is 0.0655. The highest BCUT2D eigenvalue weighted by Gasteiger charge is 2.24.